The summed E-state index contributed by atoms with van der Waals surface area (Å²) in [6.45, 7) is 3.19. The first kappa shape index (κ1) is 17.0. The number of hydrogen-bond donors (Lipinski definition) is 0. The average Bonchev–Trinajstić information content (AvgIpc) is 2.98. The lowest BCUT2D eigenvalue weighted by Crippen LogP contribution is -2.40. The Morgan fingerprint density at radius 1 is 1.15 bits per heavy atom. The number of fused-ring (bicyclic) bond motifs is 3. The Morgan fingerprint density at radius 2 is 1.93 bits per heavy atom. The molecule has 2 aromatic carbocycles. The lowest BCUT2D eigenvalue weighted by Gasteiger charge is -2.44. The van der Waals surface area contributed by atoms with Crippen LogP contribution in [0, 0.1) is 5.82 Å². The molecule has 6 rings (SSSR count). The largest absolute Gasteiger partial charge is 0.319 e. The Labute approximate surface area is 163 Å². The summed E-state index contributed by atoms with van der Waals surface area (Å²) in [5.74, 6) is 0.337. The fourth-order valence-corrected chi connectivity index (χ4v) is 5.12. The van der Waals surface area contributed by atoms with Gasteiger partial charge in [-0.25, -0.2) is 4.39 Å². The standard InChI is InChI=1S/C23H22ClFN2/c1-14(15-3-7-18(25)8-4-15)12-27-20-10-6-17(24)11-19(20)22-21-9-5-16(23(22)27)13-26(21)2/h3-4,6-8,10-12,16,21H,5,9,13H2,1-2H3/b14-12+. The number of likely N-dealkylation sites (N-methyl/N-ethyl adjacent to an activating group) is 1. The van der Waals surface area contributed by atoms with Gasteiger partial charge >= 0.3 is 0 Å². The van der Waals surface area contributed by atoms with Crippen molar-refractivity contribution in [1.82, 2.24) is 9.47 Å². The molecule has 0 amide bonds. The monoisotopic (exact) mass is 380 g/mol. The summed E-state index contributed by atoms with van der Waals surface area (Å²) < 4.78 is 15.7. The highest BCUT2D eigenvalue weighted by Gasteiger charge is 2.40. The maximum atomic E-state index is 13.3. The number of allylic oxidation sites excluding steroid dienone is 1. The van der Waals surface area contributed by atoms with E-state index >= 15 is 0 Å². The van der Waals surface area contributed by atoms with E-state index in [1.54, 1.807) is 0 Å². The van der Waals surface area contributed by atoms with Crippen LogP contribution in [-0.2, 0) is 0 Å². The van der Waals surface area contributed by atoms with Gasteiger partial charge in [0.2, 0.25) is 0 Å². The second-order valence-electron chi connectivity index (χ2n) is 7.88. The molecular formula is C23H22ClFN2. The van der Waals surface area contributed by atoms with Crippen molar-refractivity contribution < 1.29 is 4.39 Å². The lowest BCUT2D eigenvalue weighted by atomic mass is 9.78. The van der Waals surface area contributed by atoms with E-state index in [2.05, 4.69) is 41.8 Å². The van der Waals surface area contributed by atoms with Crippen molar-refractivity contribution >= 4 is 34.3 Å². The number of nitrogens with zero attached hydrogens (tertiary/aromatic N) is 2. The number of benzene rings is 2. The molecule has 2 nitrogen and oxygen atoms in total. The zero-order chi connectivity index (χ0) is 18.7. The minimum Gasteiger partial charge on any atom is -0.319 e. The van der Waals surface area contributed by atoms with Crippen molar-refractivity contribution in [2.75, 3.05) is 13.6 Å². The summed E-state index contributed by atoms with van der Waals surface area (Å²) in [6, 6.07) is 13.4. The molecule has 2 aliphatic heterocycles. The highest BCUT2D eigenvalue weighted by atomic mass is 35.5. The average molecular weight is 381 g/mol. The first-order chi connectivity index (χ1) is 13.0. The number of aromatic nitrogens is 1. The summed E-state index contributed by atoms with van der Waals surface area (Å²) >= 11 is 6.35. The SMILES string of the molecule is C/C(=C\n1c2c(c3cc(Cl)ccc31)C1CCC2CN1C)c1ccc(F)cc1. The first-order valence-corrected chi connectivity index (χ1v) is 9.88. The van der Waals surface area contributed by atoms with Gasteiger partial charge in [-0.3, -0.25) is 4.90 Å². The third kappa shape index (κ3) is 2.64. The van der Waals surface area contributed by atoms with Gasteiger partial charge in [0.05, 0.1) is 5.52 Å². The quantitative estimate of drug-likeness (QED) is 0.505. The molecule has 3 aliphatic rings. The predicted molar refractivity (Wildman–Crippen MR) is 111 cm³/mol. The third-order valence-electron chi connectivity index (χ3n) is 6.22. The van der Waals surface area contributed by atoms with Gasteiger partial charge in [-0.05, 0) is 73.8 Å². The van der Waals surface area contributed by atoms with Crippen LogP contribution in [-0.4, -0.2) is 23.1 Å². The van der Waals surface area contributed by atoms with E-state index in [-0.39, 0.29) is 5.82 Å². The molecule has 0 spiro atoms. The number of hydrogen-bond acceptors (Lipinski definition) is 1. The minimum atomic E-state index is -0.203. The molecule has 1 aliphatic carbocycles. The Hall–Kier alpha value is -2.10. The van der Waals surface area contributed by atoms with E-state index in [1.165, 1.54) is 47.1 Å². The molecule has 3 heterocycles. The second-order valence-corrected chi connectivity index (χ2v) is 8.32. The van der Waals surface area contributed by atoms with Crippen molar-refractivity contribution in [3.8, 4) is 0 Å². The zero-order valence-electron chi connectivity index (χ0n) is 15.5. The molecule has 3 aromatic rings. The third-order valence-corrected chi connectivity index (χ3v) is 6.45. The molecule has 138 valence electrons. The highest BCUT2D eigenvalue weighted by Crippen LogP contribution is 2.50. The van der Waals surface area contributed by atoms with Gasteiger partial charge in [-0.1, -0.05) is 23.7 Å². The van der Waals surface area contributed by atoms with Gasteiger partial charge in [-0.15, -0.1) is 0 Å². The Morgan fingerprint density at radius 3 is 2.67 bits per heavy atom. The van der Waals surface area contributed by atoms with Crippen LogP contribution in [0.5, 0.6) is 0 Å². The molecule has 0 N–H and O–H groups in total. The van der Waals surface area contributed by atoms with Gasteiger partial charge in [0.1, 0.15) is 5.82 Å². The molecular weight excluding hydrogens is 359 g/mol. The van der Waals surface area contributed by atoms with Crippen LogP contribution < -0.4 is 0 Å². The summed E-state index contributed by atoms with van der Waals surface area (Å²) in [5, 5.41) is 2.05. The van der Waals surface area contributed by atoms with Crippen molar-refractivity contribution in [2.45, 2.75) is 31.7 Å². The Kier molecular flexibility index (Phi) is 3.92. The highest BCUT2D eigenvalue weighted by molar-refractivity contribution is 6.31. The van der Waals surface area contributed by atoms with Crippen LogP contribution in [0.1, 0.15) is 48.5 Å². The van der Waals surface area contributed by atoms with Crippen LogP contribution in [0.4, 0.5) is 4.39 Å². The summed E-state index contributed by atoms with van der Waals surface area (Å²) in [7, 11) is 2.23. The van der Waals surface area contributed by atoms with E-state index in [1.807, 2.05) is 18.2 Å². The molecule has 2 atom stereocenters. The molecule has 1 saturated heterocycles. The zero-order valence-corrected chi connectivity index (χ0v) is 16.3. The summed E-state index contributed by atoms with van der Waals surface area (Å²) in [4.78, 5) is 2.48. The Balaban J connectivity index is 1.75. The molecule has 2 unspecified atom stereocenters. The van der Waals surface area contributed by atoms with Crippen LogP contribution in [0.3, 0.4) is 0 Å². The normalized spacial score (nSPS) is 22.4. The maximum absolute atomic E-state index is 13.3. The number of rotatable bonds is 2. The van der Waals surface area contributed by atoms with Gasteiger partial charge in [0.15, 0.2) is 0 Å². The van der Waals surface area contributed by atoms with Crippen LogP contribution >= 0.6 is 11.6 Å². The summed E-state index contributed by atoms with van der Waals surface area (Å²) in [6.07, 6.45) is 4.65. The van der Waals surface area contributed by atoms with Crippen molar-refractivity contribution in [3.63, 3.8) is 0 Å². The van der Waals surface area contributed by atoms with E-state index < -0.39 is 0 Å². The predicted octanol–water partition coefficient (Wildman–Crippen LogP) is 6.32. The maximum Gasteiger partial charge on any atom is 0.123 e. The van der Waals surface area contributed by atoms with Crippen molar-refractivity contribution in [2.24, 2.45) is 0 Å². The van der Waals surface area contributed by atoms with Crippen LogP contribution in [0.2, 0.25) is 5.02 Å². The molecule has 4 heteroatoms. The molecule has 0 saturated carbocycles. The second kappa shape index (κ2) is 6.22. The molecule has 27 heavy (non-hydrogen) atoms. The fourth-order valence-electron chi connectivity index (χ4n) is 4.95. The smallest absolute Gasteiger partial charge is 0.123 e. The van der Waals surface area contributed by atoms with Gasteiger partial charge in [0, 0.05) is 40.8 Å². The lowest BCUT2D eigenvalue weighted by molar-refractivity contribution is 0.144. The number of piperidine rings is 1. The molecule has 1 fully saturated rings. The number of halogens is 2. The van der Waals surface area contributed by atoms with Crippen molar-refractivity contribution in [1.29, 1.82) is 0 Å². The first-order valence-electron chi connectivity index (χ1n) is 9.51. The van der Waals surface area contributed by atoms with E-state index in [0.29, 0.717) is 12.0 Å². The van der Waals surface area contributed by atoms with E-state index in [4.69, 9.17) is 11.6 Å². The van der Waals surface area contributed by atoms with E-state index in [0.717, 1.165) is 22.7 Å². The Bertz CT molecular complexity index is 1060. The van der Waals surface area contributed by atoms with Crippen LogP contribution in [0.15, 0.2) is 42.5 Å². The molecule has 1 aromatic heterocycles. The van der Waals surface area contributed by atoms with Crippen LogP contribution in [0.25, 0.3) is 22.7 Å². The topological polar surface area (TPSA) is 8.17 Å². The molecule has 0 radical (unpaired) electrons. The summed E-state index contributed by atoms with van der Waals surface area (Å²) in [5.41, 5.74) is 6.25. The van der Waals surface area contributed by atoms with Crippen molar-refractivity contribution in [3.05, 3.63) is 70.1 Å². The molecule has 2 bridgehead atoms. The van der Waals surface area contributed by atoms with Gasteiger partial charge in [0.25, 0.3) is 0 Å². The van der Waals surface area contributed by atoms with Gasteiger partial charge < -0.3 is 4.57 Å². The van der Waals surface area contributed by atoms with Gasteiger partial charge in [-0.2, -0.15) is 0 Å². The fraction of sp³-hybridized carbons (Fsp3) is 0.304. The minimum absolute atomic E-state index is 0.203. The van der Waals surface area contributed by atoms with E-state index in [9.17, 15) is 4.39 Å².